The number of amides is 1. The van der Waals surface area contributed by atoms with Crippen LogP contribution in [0.3, 0.4) is 0 Å². The van der Waals surface area contributed by atoms with Gasteiger partial charge in [-0.15, -0.1) is 0 Å². The quantitative estimate of drug-likeness (QED) is 0.728. The number of benzene rings is 1. The summed E-state index contributed by atoms with van der Waals surface area (Å²) in [6.07, 6.45) is 2.97. The summed E-state index contributed by atoms with van der Waals surface area (Å²) in [6, 6.07) is 2.96. The second kappa shape index (κ2) is 6.67. The van der Waals surface area contributed by atoms with Gasteiger partial charge >= 0.3 is 0 Å². The molecule has 1 saturated carbocycles. The predicted octanol–water partition coefficient (Wildman–Crippen LogP) is 1.32. The van der Waals surface area contributed by atoms with Crippen molar-refractivity contribution in [2.24, 2.45) is 0 Å². The summed E-state index contributed by atoms with van der Waals surface area (Å²) in [5.41, 5.74) is 6.51. The van der Waals surface area contributed by atoms with Crippen molar-refractivity contribution in [3.8, 4) is 11.5 Å². The largest absolute Gasteiger partial charge is 0.497 e. The molecule has 2 rings (SSSR count). The number of nitrogen functional groups attached to an aromatic ring is 1. The maximum Gasteiger partial charge on any atom is 0.253 e. The zero-order valence-corrected chi connectivity index (χ0v) is 12.4. The van der Waals surface area contributed by atoms with E-state index in [-0.39, 0.29) is 17.6 Å². The molecule has 4 N–H and O–H groups in total. The fourth-order valence-corrected chi connectivity index (χ4v) is 2.60. The third-order valence-electron chi connectivity index (χ3n) is 3.86. The summed E-state index contributed by atoms with van der Waals surface area (Å²) in [7, 11) is 3.00. The van der Waals surface area contributed by atoms with Crippen LogP contribution >= 0.6 is 0 Å². The van der Waals surface area contributed by atoms with Crippen LogP contribution in [-0.4, -0.2) is 37.4 Å². The molecule has 1 amide bonds. The first-order valence-electron chi connectivity index (χ1n) is 7.07. The van der Waals surface area contributed by atoms with Crippen LogP contribution < -0.4 is 20.5 Å². The second-order valence-corrected chi connectivity index (χ2v) is 5.22. The van der Waals surface area contributed by atoms with E-state index in [1.54, 1.807) is 12.1 Å². The molecule has 6 nitrogen and oxygen atoms in total. The van der Waals surface area contributed by atoms with Crippen molar-refractivity contribution in [2.75, 3.05) is 20.0 Å². The fraction of sp³-hybridized carbons (Fsp3) is 0.533. The number of nitrogens with one attached hydrogen (secondary N) is 1. The Hall–Kier alpha value is -1.95. The summed E-state index contributed by atoms with van der Waals surface area (Å²) in [5, 5.41) is 12.8. The van der Waals surface area contributed by atoms with Gasteiger partial charge in [0.25, 0.3) is 5.91 Å². The van der Waals surface area contributed by atoms with Crippen molar-refractivity contribution in [3.63, 3.8) is 0 Å². The van der Waals surface area contributed by atoms with Crippen LogP contribution in [0.25, 0.3) is 0 Å². The van der Waals surface area contributed by atoms with Gasteiger partial charge < -0.3 is 25.6 Å². The molecule has 1 aliphatic carbocycles. The molecule has 6 heteroatoms. The lowest BCUT2D eigenvalue weighted by molar-refractivity contribution is 0.0717. The van der Waals surface area contributed by atoms with E-state index < -0.39 is 6.10 Å². The number of carbonyl (C=O) groups excluding carboxylic acids is 1. The summed E-state index contributed by atoms with van der Waals surface area (Å²) >= 11 is 0. The molecule has 0 radical (unpaired) electrons. The molecule has 0 spiro atoms. The van der Waals surface area contributed by atoms with E-state index >= 15 is 0 Å². The monoisotopic (exact) mass is 294 g/mol. The molecule has 1 aromatic rings. The van der Waals surface area contributed by atoms with Gasteiger partial charge in [0.1, 0.15) is 11.5 Å². The maximum absolute atomic E-state index is 12.4. The third kappa shape index (κ3) is 3.39. The standard InChI is InChI=1S/C15H22N2O4/c1-20-9-7-10(14(16)13(8-9)21-2)15(19)17-11-5-3-4-6-12(11)18/h7-8,11-12,18H,3-6,16H2,1-2H3,(H,17,19)/t11-,12-/m1/s1. The van der Waals surface area contributed by atoms with E-state index in [2.05, 4.69) is 5.32 Å². The molecule has 1 aromatic carbocycles. The molecule has 1 aliphatic rings. The van der Waals surface area contributed by atoms with Crippen LogP contribution in [0.4, 0.5) is 5.69 Å². The van der Waals surface area contributed by atoms with E-state index in [1.165, 1.54) is 14.2 Å². The number of aliphatic hydroxyl groups excluding tert-OH is 1. The molecule has 1 fully saturated rings. The molecule has 0 heterocycles. The van der Waals surface area contributed by atoms with Crippen LogP contribution in [-0.2, 0) is 0 Å². The lowest BCUT2D eigenvalue weighted by Crippen LogP contribution is -2.45. The maximum atomic E-state index is 12.4. The van der Waals surface area contributed by atoms with Crippen LogP contribution in [0.2, 0.25) is 0 Å². The SMILES string of the molecule is COc1cc(OC)c(N)c(C(=O)N[C@@H]2CCCC[C@H]2O)c1. The summed E-state index contributed by atoms with van der Waals surface area (Å²) < 4.78 is 10.3. The van der Waals surface area contributed by atoms with Crippen LogP contribution in [0.15, 0.2) is 12.1 Å². The van der Waals surface area contributed by atoms with E-state index in [0.29, 0.717) is 23.5 Å². The molecule has 21 heavy (non-hydrogen) atoms. The van der Waals surface area contributed by atoms with Crippen LogP contribution in [0, 0.1) is 0 Å². The number of hydrogen-bond donors (Lipinski definition) is 3. The van der Waals surface area contributed by atoms with Crippen molar-refractivity contribution >= 4 is 11.6 Å². The molecule has 116 valence electrons. The Morgan fingerprint density at radius 3 is 2.62 bits per heavy atom. The third-order valence-corrected chi connectivity index (χ3v) is 3.86. The lowest BCUT2D eigenvalue weighted by atomic mass is 9.92. The van der Waals surface area contributed by atoms with Crippen LogP contribution in [0.5, 0.6) is 11.5 Å². The van der Waals surface area contributed by atoms with E-state index in [1.807, 2.05) is 0 Å². The van der Waals surface area contributed by atoms with Crippen molar-refractivity contribution in [3.05, 3.63) is 17.7 Å². The Kier molecular flexibility index (Phi) is 4.90. The smallest absolute Gasteiger partial charge is 0.253 e. The van der Waals surface area contributed by atoms with E-state index in [0.717, 1.165) is 19.3 Å². The molecule has 0 saturated heterocycles. The normalized spacial score (nSPS) is 21.7. The summed E-state index contributed by atoms with van der Waals surface area (Å²) in [4.78, 5) is 12.4. The molecular formula is C15H22N2O4. The first kappa shape index (κ1) is 15.4. The zero-order valence-electron chi connectivity index (χ0n) is 12.4. The highest BCUT2D eigenvalue weighted by molar-refractivity contribution is 6.01. The minimum atomic E-state index is -0.503. The molecular weight excluding hydrogens is 272 g/mol. The van der Waals surface area contributed by atoms with Gasteiger partial charge in [0.2, 0.25) is 0 Å². The summed E-state index contributed by atoms with van der Waals surface area (Å²) in [5.74, 6) is 0.565. The molecule has 0 unspecified atom stereocenters. The van der Waals surface area contributed by atoms with E-state index in [9.17, 15) is 9.90 Å². The van der Waals surface area contributed by atoms with E-state index in [4.69, 9.17) is 15.2 Å². The zero-order chi connectivity index (χ0) is 15.4. The second-order valence-electron chi connectivity index (χ2n) is 5.22. The predicted molar refractivity (Wildman–Crippen MR) is 79.7 cm³/mol. The minimum absolute atomic E-state index is 0.233. The van der Waals surface area contributed by atoms with Crippen molar-refractivity contribution in [1.82, 2.24) is 5.32 Å². The molecule has 0 aliphatic heterocycles. The van der Waals surface area contributed by atoms with Gasteiger partial charge in [0.15, 0.2) is 0 Å². The first-order valence-corrected chi connectivity index (χ1v) is 7.07. The van der Waals surface area contributed by atoms with Gasteiger partial charge in [0, 0.05) is 6.07 Å². The highest BCUT2D eigenvalue weighted by Crippen LogP contribution is 2.31. The lowest BCUT2D eigenvalue weighted by Gasteiger charge is -2.28. The van der Waals surface area contributed by atoms with Crippen molar-refractivity contribution in [2.45, 2.75) is 37.8 Å². The Balaban J connectivity index is 2.21. The average Bonchev–Trinajstić information content (AvgIpc) is 2.49. The average molecular weight is 294 g/mol. The number of aliphatic hydroxyl groups is 1. The highest BCUT2D eigenvalue weighted by Gasteiger charge is 2.26. The van der Waals surface area contributed by atoms with Gasteiger partial charge in [-0.2, -0.15) is 0 Å². The Morgan fingerprint density at radius 2 is 2.00 bits per heavy atom. The molecule has 0 aromatic heterocycles. The fourth-order valence-electron chi connectivity index (χ4n) is 2.60. The van der Waals surface area contributed by atoms with Crippen molar-refractivity contribution in [1.29, 1.82) is 0 Å². The van der Waals surface area contributed by atoms with Gasteiger partial charge in [-0.05, 0) is 18.9 Å². The topological polar surface area (TPSA) is 93.8 Å². The number of carbonyl (C=O) groups is 1. The number of anilines is 1. The van der Waals surface area contributed by atoms with Crippen LogP contribution in [0.1, 0.15) is 36.0 Å². The molecule has 0 bridgehead atoms. The number of hydrogen-bond acceptors (Lipinski definition) is 5. The Morgan fingerprint density at radius 1 is 1.29 bits per heavy atom. The molecule has 2 atom stereocenters. The van der Waals surface area contributed by atoms with Crippen molar-refractivity contribution < 1.29 is 19.4 Å². The number of rotatable bonds is 4. The summed E-state index contributed by atoms with van der Waals surface area (Å²) in [6.45, 7) is 0. The van der Waals surface area contributed by atoms with Gasteiger partial charge in [-0.25, -0.2) is 0 Å². The Labute approximate surface area is 124 Å². The van der Waals surface area contributed by atoms with Gasteiger partial charge in [-0.1, -0.05) is 12.8 Å². The number of ether oxygens (including phenoxy) is 2. The van der Waals surface area contributed by atoms with Gasteiger partial charge in [-0.3, -0.25) is 4.79 Å². The number of nitrogens with two attached hydrogens (primary N) is 1. The number of methoxy groups -OCH3 is 2. The first-order chi connectivity index (χ1) is 10.1. The van der Waals surface area contributed by atoms with Gasteiger partial charge in [0.05, 0.1) is 37.6 Å². The highest BCUT2D eigenvalue weighted by atomic mass is 16.5. The Bertz CT molecular complexity index is 519. The minimum Gasteiger partial charge on any atom is -0.497 e.